The van der Waals surface area contributed by atoms with E-state index in [1.165, 1.54) is 4.90 Å². The summed E-state index contributed by atoms with van der Waals surface area (Å²) in [4.78, 5) is 48.8. The van der Waals surface area contributed by atoms with Gasteiger partial charge in [0.25, 0.3) is 5.91 Å². The van der Waals surface area contributed by atoms with Crippen LogP contribution in [0.15, 0.2) is 48.8 Å². The number of pyridine rings is 1. The largest absolute Gasteiger partial charge is 0.466 e. The molecule has 31 heavy (non-hydrogen) atoms. The molecule has 3 aromatic rings. The molecule has 0 unspecified atom stereocenters. The molecule has 4 heterocycles. The molecule has 0 aliphatic carbocycles. The van der Waals surface area contributed by atoms with Crippen molar-refractivity contribution in [1.29, 1.82) is 0 Å². The first-order valence-electron chi connectivity index (χ1n) is 10.4. The van der Waals surface area contributed by atoms with E-state index in [9.17, 15) is 14.4 Å². The predicted octanol–water partition coefficient (Wildman–Crippen LogP) is 2.79. The fraction of sp³-hybridized carbons (Fsp3) is 0.304. The van der Waals surface area contributed by atoms with E-state index in [4.69, 9.17) is 4.74 Å². The number of ether oxygens (including phenoxy) is 1. The number of fused-ring (bicyclic) bond motifs is 4. The van der Waals surface area contributed by atoms with Crippen LogP contribution < -0.4 is 0 Å². The zero-order valence-electron chi connectivity index (χ0n) is 17.1. The predicted molar refractivity (Wildman–Crippen MR) is 112 cm³/mol. The average Bonchev–Trinajstić information content (AvgIpc) is 3.27. The van der Waals surface area contributed by atoms with E-state index in [0.29, 0.717) is 6.42 Å². The highest BCUT2D eigenvalue weighted by Gasteiger charge is 2.52. The molecule has 0 saturated carbocycles. The van der Waals surface area contributed by atoms with Gasteiger partial charge in [-0.05, 0) is 36.2 Å². The van der Waals surface area contributed by atoms with Crippen molar-refractivity contribution in [2.75, 3.05) is 13.2 Å². The van der Waals surface area contributed by atoms with Crippen molar-refractivity contribution in [1.82, 2.24) is 19.8 Å². The van der Waals surface area contributed by atoms with Crippen LogP contribution in [-0.4, -0.2) is 56.9 Å². The second-order valence-electron chi connectivity index (χ2n) is 7.70. The van der Waals surface area contributed by atoms with Gasteiger partial charge in [0.15, 0.2) is 0 Å². The van der Waals surface area contributed by atoms with Gasteiger partial charge < -0.3 is 9.72 Å². The Bertz CT molecular complexity index is 1170. The normalized spacial score (nSPS) is 20.2. The lowest BCUT2D eigenvalue weighted by atomic mass is 9.89. The first kappa shape index (κ1) is 19.3. The Morgan fingerprint density at radius 1 is 1.19 bits per heavy atom. The van der Waals surface area contributed by atoms with E-state index in [0.717, 1.165) is 27.7 Å². The van der Waals surface area contributed by atoms with Crippen LogP contribution in [0.5, 0.6) is 0 Å². The van der Waals surface area contributed by atoms with Crippen molar-refractivity contribution in [3.63, 3.8) is 0 Å². The fourth-order valence-electron chi connectivity index (χ4n) is 4.66. The Hall–Kier alpha value is -3.68. The molecule has 0 bridgehead atoms. The highest BCUT2D eigenvalue weighted by Crippen LogP contribution is 2.43. The summed E-state index contributed by atoms with van der Waals surface area (Å²) >= 11 is 0. The number of aromatic nitrogens is 2. The molecule has 5 rings (SSSR count). The molecule has 0 radical (unpaired) electrons. The molecule has 2 aromatic heterocycles. The van der Waals surface area contributed by atoms with E-state index in [2.05, 4.69) is 9.97 Å². The van der Waals surface area contributed by atoms with Gasteiger partial charge in [-0.25, -0.2) is 4.79 Å². The van der Waals surface area contributed by atoms with E-state index >= 15 is 0 Å². The molecular formula is C23H22N4O4. The quantitative estimate of drug-likeness (QED) is 0.508. The highest BCUT2D eigenvalue weighted by molar-refractivity contribution is 6.06. The SMILES string of the molecule is CCOC(=O)CCN1C(=O)[C@@H]2Cc3c([nH]c4ccccc34)[C@@H](c3ccncc3)N2C1=O. The van der Waals surface area contributed by atoms with Crippen molar-refractivity contribution in [2.24, 2.45) is 0 Å². The van der Waals surface area contributed by atoms with Crippen molar-refractivity contribution >= 4 is 28.8 Å². The van der Waals surface area contributed by atoms with Gasteiger partial charge in [-0.1, -0.05) is 18.2 Å². The topological polar surface area (TPSA) is 95.6 Å². The molecule has 1 saturated heterocycles. The van der Waals surface area contributed by atoms with Gasteiger partial charge in [0, 0.05) is 42.0 Å². The minimum atomic E-state index is -0.612. The smallest absolute Gasteiger partial charge is 0.328 e. The fourth-order valence-corrected chi connectivity index (χ4v) is 4.66. The molecule has 3 amide bonds. The average molecular weight is 418 g/mol. The van der Waals surface area contributed by atoms with Crippen LogP contribution in [0.3, 0.4) is 0 Å². The minimum Gasteiger partial charge on any atom is -0.466 e. The third-order valence-electron chi connectivity index (χ3n) is 6.00. The Kier molecular flexibility index (Phi) is 4.69. The van der Waals surface area contributed by atoms with Crippen LogP contribution >= 0.6 is 0 Å². The van der Waals surface area contributed by atoms with Crippen LogP contribution in [0, 0.1) is 0 Å². The first-order valence-corrected chi connectivity index (χ1v) is 10.4. The van der Waals surface area contributed by atoms with Crippen LogP contribution in [0.2, 0.25) is 0 Å². The second kappa shape index (κ2) is 7.54. The summed E-state index contributed by atoms with van der Waals surface area (Å²) in [7, 11) is 0. The molecule has 1 aromatic carbocycles. The summed E-state index contributed by atoms with van der Waals surface area (Å²) in [5.74, 6) is -0.695. The van der Waals surface area contributed by atoms with E-state index in [1.807, 2.05) is 36.4 Å². The van der Waals surface area contributed by atoms with Crippen molar-refractivity contribution < 1.29 is 19.1 Å². The summed E-state index contributed by atoms with van der Waals surface area (Å²) in [6, 6.07) is 10.3. The van der Waals surface area contributed by atoms with Crippen LogP contribution in [0.1, 0.15) is 36.2 Å². The summed E-state index contributed by atoms with van der Waals surface area (Å²) in [5.41, 5.74) is 3.82. The Morgan fingerprint density at radius 3 is 2.74 bits per heavy atom. The number of amides is 3. The first-order chi connectivity index (χ1) is 15.1. The second-order valence-corrected chi connectivity index (χ2v) is 7.70. The van der Waals surface area contributed by atoms with Crippen LogP contribution in [0.25, 0.3) is 10.9 Å². The summed E-state index contributed by atoms with van der Waals surface area (Å²) in [5, 5.41) is 1.06. The molecule has 2 aliphatic heterocycles. The Morgan fingerprint density at radius 2 is 1.97 bits per heavy atom. The lowest BCUT2D eigenvalue weighted by Crippen LogP contribution is -2.44. The number of nitrogens with one attached hydrogen (secondary N) is 1. The molecule has 158 valence electrons. The molecule has 8 heteroatoms. The van der Waals surface area contributed by atoms with Gasteiger partial charge in [0.05, 0.1) is 13.0 Å². The van der Waals surface area contributed by atoms with Crippen LogP contribution in [0.4, 0.5) is 4.79 Å². The zero-order valence-corrected chi connectivity index (χ0v) is 17.1. The lowest BCUT2D eigenvalue weighted by molar-refractivity contribution is -0.143. The van der Waals surface area contributed by atoms with E-state index < -0.39 is 18.1 Å². The number of H-pyrrole nitrogens is 1. The summed E-state index contributed by atoms with van der Waals surface area (Å²) in [6.07, 6.45) is 3.78. The number of benzene rings is 1. The monoisotopic (exact) mass is 418 g/mol. The molecule has 1 N–H and O–H groups in total. The molecule has 0 spiro atoms. The van der Waals surface area contributed by atoms with Gasteiger partial charge in [0.2, 0.25) is 0 Å². The van der Waals surface area contributed by atoms with E-state index in [1.54, 1.807) is 24.2 Å². The number of imide groups is 1. The summed E-state index contributed by atoms with van der Waals surface area (Å²) in [6.45, 7) is 2.00. The number of hydrogen-bond acceptors (Lipinski definition) is 5. The number of carbonyl (C=O) groups excluding carboxylic acids is 3. The van der Waals surface area contributed by atoms with E-state index in [-0.39, 0.29) is 31.5 Å². The van der Waals surface area contributed by atoms with Gasteiger partial charge in [0.1, 0.15) is 12.1 Å². The standard InChI is InChI=1S/C23H22N4O4/c1-2-31-19(28)9-12-26-22(29)18-13-16-15-5-3-4-6-17(15)25-20(16)21(27(18)23(26)30)14-7-10-24-11-8-14/h3-8,10-11,18,21,25H,2,9,12-13H2,1H3/t18-,21+/m0/s1. The number of hydrogen-bond donors (Lipinski definition) is 1. The Labute approximate surface area is 178 Å². The van der Waals surface area contributed by atoms with Gasteiger partial charge in [-0.15, -0.1) is 0 Å². The maximum atomic E-state index is 13.4. The number of nitrogens with zero attached hydrogens (tertiary/aromatic N) is 3. The third kappa shape index (κ3) is 3.06. The minimum absolute atomic E-state index is 0.0139. The number of urea groups is 1. The number of rotatable bonds is 5. The molecule has 1 fully saturated rings. The number of aromatic amines is 1. The number of esters is 1. The lowest BCUT2D eigenvalue weighted by Gasteiger charge is -2.35. The molecule has 2 aliphatic rings. The number of carbonyl (C=O) groups is 3. The molecule has 8 nitrogen and oxygen atoms in total. The van der Waals surface area contributed by atoms with Crippen molar-refractivity contribution in [3.8, 4) is 0 Å². The third-order valence-corrected chi connectivity index (χ3v) is 6.00. The maximum absolute atomic E-state index is 13.4. The highest BCUT2D eigenvalue weighted by atomic mass is 16.5. The summed E-state index contributed by atoms with van der Waals surface area (Å²) < 4.78 is 4.95. The Balaban J connectivity index is 1.57. The zero-order chi connectivity index (χ0) is 21.5. The van der Waals surface area contributed by atoms with Gasteiger partial charge >= 0.3 is 12.0 Å². The number of para-hydroxylation sites is 1. The van der Waals surface area contributed by atoms with Crippen molar-refractivity contribution in [2.45, 2.75) is 31.8 Å². The van der Waals surface area contributed by atoms with Crippen molar-refractivity contribution in [3.05, 3.63) is 65.6 Å². The molecule has 2 atom stereocenters. The maximum Gasteiger partial charge on any atom is 0.328 e. The van der Waals surface area contributed by atoms with Crippen LogP contribution in [-0.2, 0) is 20.7 Å². The van der Waals surface area contributed by atoms with Gasteiger partial charge in [-0.3, -0.25) is 24.4 Å². The van der Waals surface area contributed by atoms with Gasteiger partial charge in [-0.2, -0.15) is 0 Å². The molecular weight excluding hydrogens is 396 g/mol.